The van der Waals surface area contributed by atoms with Gasteiger partial charge in [-0.25, -0.2) is 4.79 Å². The summed E-state index contributed by atoms with van der Waals surface area (Å²) in [6.45, 7) is 2.19. The van der Waals surface area contributed by atoms with E-state index in [1.165, 1.54) is 6.20 Å². The lowest BCUT2D eigenvalue weighted by atomic mass is 10.0. The number of hydrogen-bond donors (Lipinski definition) is 2. The van der Waals surface area contributed by atoms with Gasteiger partial charge in [0.15, 0.2) is 0 Å². The Morgan fingerprint density at radius 2 is 2.00 bits per heavy atom. The quantitative estimate of drug-likeness (QED) is 0.870. The molecule has 110 valence electrons. The molecule has 1 amide bonds. The zero-order chi connectivity index (χ0) is 15.4. The third-order valence-corrected chi connectivity index (χ3v) is 3.41. The van der Waals surface area contributed by atoms with Gasteiger partial charge in [-0.3, -0.25) is 9.48 Å². The Morgan fingerprint density at radius 3 is 2.62 bits per heavy atom. The van der Waals surface area contributed by atoms with Crippen molar-refractivity contribution in [1.29, 1.82) is 0 Å². The number of nitrogens with one attached hydrogen (secondary N) is 1. The number of carboxylic acids is 1. The fraction of sp³-hybridized carbons (Fsp3) is 0.267. The molecule has 2 aromatic rings. The predicted octanol–water partition coefficient (Wildman–Crippen LogP) is 1.40. The molecule has 6 heteroatoms. The van der Waals surface area contributed by atoms with Crippen LogP contribution in [0.15, 0.2) is 30.5 Å². The lowest BCUT2D eigenvalue weighted by Gasteiger charge is -2.07. The molecule has 1 aromatic heterocycles. The van der Waals surface area contributed by atoms with E-state index in [1.54, 1.807) is 36.0 Å². The summed E-state index contributed by atoms with van der Waals surface area (Å²) in [5.74, 6) is -1.16. The molecule has 2 rings (SSSR count). The maximum atomic E-state index is 12.0. The molecule has 6 nitrogen and oxygen atoms in total. The van der Waals surface area contributed by atoms with Gasteiger partial charge in [-0.05, 0) is 25.0 Å². The Labute approximate surface area is 122 Å². The van der Waals surface area contributed by atoms with Gasteiger partial charge in [0.2, 0.25) is 0 Å². The van der Waals surface area contributed by atoms with Crippen molar-refractivity contribution in [2.75, 3.05) is 6.54 Å². The third kappa shape index (κ3) is 3.28. The van der Waals surface area contributed by atoms with Crippen LogP contribution in [0, 0.1) is 6.92 Å². The van der Waals surface area contributed by atoms with Crippen LogP contribution >= 0.6 is 0 Å². The maximum Gasteiger partial charge on any atom is 0.335 e. The molecule has 0 fully saturated rings. The van der Waals surface area contributed by atoms with Crippen LogP contribution in [-0.2, 0) is 13.5 Å². The number of benzene rings is 1. The van der Waals surface area contributed by atoms with E-state index in [0.717, 1.165) is 5.69 Å². The number of hydrogen-bond acceptors (Lipinski definition) is 3. The van der Waals surface area contributed by atoms with Crippen molar-refractivity contribution in [2.24, 2.45) is 7.05 Å². The number of carbonyl (C=O) groups excluding carboxylic acids is 1. The number of nitrogens with zero attached hydrogens (tertiary/aromatic N) is 2. The van der Waals surface area contributed by atoms with Crippen LogP contribution in [0.5, 0.6) is 0 Å². The number of aromatic carboxylic acids is 1. The largest absolute Gasteiger partial charge is 0.478 e. The van der Waals surface area contributed by atoms with Crippen molar-refractivity contribution >= 4 is 11.9 Å². The number of amides is 1. The Hall–Kier alpha value is -2.63. The number of carbonyl (C=O) groups is 2. The Kier molecular flexibility index (Phi) is 4.37. The topological polar surface area (TPSA) is 84.2 Å². The van der Waals surface area contributed by atoms with Gasteiger partial charge in [-0.2, -0.15) is 5.10 Å². The van der Waals surface area contributed by atoms with E-state index in [2.05, 4.69) is 10.4 Å². The van der Waals surface area contributed by atoms with Crippen LogP contribution in [0.25, 0.3) is 0 Å². The van der Waals surface area contributed by atoms with E-state index >= 15 is 0 Å². The molecule has 0 unspecified atom stereocenters. The molecule has 0 bridgehead atoms. The highest BCUT2D eigenvalue weighted by atomic mass is 16.4. The van der Waals surface area contributed by atoms with Gasteiger partial charge >= 0.3 is 5.97 Å². The summed E-state index contributed by atoms with van der Waals surface area (Å²) in [5, 5.41) is 15.9. The van der Waals surface area contributed by atoms with Crippen molar-refractivity contribution < 1.29 is 14.7 Å². The van der Waals surface area contributed by atoms with Crippen LogP contribution < -0.4 is 5.32 Å². The summed E-state index contributed by atoms with van der Waals surface area (Å²) < 4.78 is 1.63. The maximum absolute atomic E-state index is 12.0. The van der Waals surface area contributed by atoms with E-state index in [0.29, 0.717) is 24.1 Å². The summed E-state index contributed by atoms with van der Waals surface area (Å²) in [5.41, 5.74) is 2.29. The summed E-state index contributed by atoms with van der Waals surface area (Å²) in [6.07, 6.45) is 1.99. The summed E-state index contributed by atoms with van der Waals surface area (Å²) in [6, 6.07) is 6.79. The van der Waals surface area contributed by atoms with Crippen LogP contribution in [0.1, 0.15) is 32.0 Å². The molecule has 0 radical (unpaired) electrons. The predicted molar refractivity (Wildman–Crippen MR) is 77.4 cm³/mol. The first-order chi connectivity index (χ1) is 10.0. The first-order valence-electron chi connectivity index (χ1n) is 6.58. The van der Waals surface area contributed by atoms with E-state index in [4.69, 9.17) is 5.11 Å². The average Bonchev–Trinajstić information content (AvgIpc) is 2.79. The zero-order valence-electron chi connectivity index (χ0n) is 12.0. The molecule has 0 aliphatic carbocycles. The number of aromatic nitrogens is 2. The standard InChI is InChI=1S/C15H17N3O3/c1-10-13(9-17-18(10)2)14(19)16-8-7-11-5-3-4-6-12(11)15(20)21/h3-6,9H,7-8H2,1-2H3,(H,16,19)(H,20,21). The Bertz CT molecular complexity index is 677. The summed E-state index contributed by atoms with van der Waals surface area (Å²) in [7, 11) is 1.77. The van der Waals surface area contributed by atoms with Crippen molar-refractivity contribution in [3.8, 4) is 0 Å². The highest BCUT2D eigenvalue weighted by Gasteiger charge is 2.13. The highest BCUT2D eigenvalue weighted by Crippen LogP contribution is 2.09. The van der Waals surface area contributed by atoms with E-state index in [-0.39, 0.29) is 11.5 Å². The lowest BCUT2D eigenvalue weighted by molar-refractivity contribution is 0.0695. The summed E-state index contributed by atoms with van der Waals surface area (Å²) >= 11 is 0. The van der Waals surface area contributed by atoms with Crippen molar-refractivity contribution in [2.45, 2.75) is 13.3 Å². The van der Waals surface area contributed by atoms with Crippen molar-refractivity contribution in [3.05, 3.63) is 52.8 Å². The van der Waals surface area contributed by atoms with E-state index in [9.17, 15) is 9.59 Å². The second kappa shape index (κ2) is 6.21. The van der Waals surface area contributed by atoms with Crippen LogP contribution in [0.3, 0.4) is 0 Å². The second-order valence-corrected chi connectivity index (χ2v) is 4.74. The number of aryl methyl sites for hydroxylation is 1. The Balaban J connectivity index is 1.97. The normalized spacial score (nSPS) is 10.4. The van der Waals surface area contributed by atoms with Gasteiger partial charge in [0.25, 0.3) is 5.91 Å². The molecule has 0 spiro atoms. The molecule has 0 saturated carbocycles. The van der Waals surface area contributed by atoms with Crippen molar-refractivity contribution in [1.82, 2.24) is 15.1 Å². The van der Waals surface area contributed by atoms with Crippen LogP contribution in [-0.4, -0.2) is 33.3 Å². The summed E-state index contributed by atoms with van der Waals surface area (Å²) in [4.78, 5) is 23.1. The molecule has 1 heterocycles. The van der Waals surface area contributed by atoms with Gasteiger partial charge in [-0.15, -0.1) is 0 Å². The average molecular weight is 287 g/mol. The monoisotopic (exact) mass is 287 g/mol. The molecule has 0 aliphatic heterocycles. The fourth-order valence-corrected chi connectivity index (χ4v) is 2.07. The molecule has 1 aromatic carbocycles. The SMILES string of the molecule is Cc1c(C(=O)NCCc2ccccc2C(=O)O)cnn1C. The number of rotatable bonds is 5. The Morgan fingerprint density at radius 1 is 1.29 bits per heavy atom. The van der Waals surface area contributed by atoms with Gasteiger partial charge in [0.1, 0.15) is 0 Å². The number of carboxylic acid groups (broad SMARTS) is 1. The minimum Gasteiger partial charge on any atom is -0.478 e. The molecule has 0 saturated heterocycles. The first kappa shape index (κ1) is 14.8. The fourth-order valence-electron chi connectivity index (χ4n) is 2.07. The molecule has 0 atom stereocenters. The van der Waals surface area contributed by atoms with E-state index in [1.807, 2.05) is 6.92 Å². The first-order valence-corrected chi connectivity index (χ1v) is 6.58. The van der Waals surface area contributed by atoms with Gasteiger partial charge in [0.05, 0.1) is 17.3 Å². The molecule has 21 heavy (non-hydrogen) atoms. The second-order valence-electron chi connectivity index (χ2n) is 4.74. The smallest absolute Gasteiger partial charge is 0.335 e. The zero-order valence-corrected chi connectivity index (χ0v) is 12.0. The highest BCUT2D eigenvalue weighted by molar-refractivity contribution is 5.95. The van der Waals surface area contributed by atoms with Gasteiger partial charge in [-0.1, -0.05) is 18.2 Å². The van der Waals surface area contributed by atoms with Crippen LogP contribution in [0.2, 0.25) is 0 Å². The lowest BCUT2D eigenvalue weighted by Crippen LogP contribution is -2.26. The van der Waals surface area contributed by atoms with E-state index < -0.39 is 5.97 Å². The molecule has 2 N–H and O–H groups in total. The van der Waals surface area contributed by atoms with Crippen molar-refractivity contribution in [3.63, 3.8) is 0 Å². The minimum absolute atomic E-state index is 0.201. The van der Waals surface area contributed by atoms with Gasteiger partial charge in [0, 0.05) is 19.3 Å². The van der Waals surface area contributed by atoms with Gasteiger partial charge < -0.3 is 10.4 Å². The minimum atomic E-state index is -0.958. The molecule has 0 aliphatic rings. The molecular weight excluding hydrogens is 270 g/mol. The van der Waals surface area contributed by atoms with Crippen LogP contribution in [0.4, 0.5) is 0 Å². The third-order valence-electron chi connectivity index (χ3n) is 3.41. The molecular formula is C15H17N3O3.